The van der Waals surface area contributed by atoms with Gasteiger partial charge in [-0.3, -0.25) is 9.59 Å². The molecule has 1 N–H and O–H groups in total. The van der Waals surface area contributed by atoms with Crippen LogP contribution in [0, 0.1) is 6.92 Å². The number of amides is 2. The Morgan fingerprint density at radius 1 is 1.12 bits per heavy atom. The molecule has 8 heteroatoms. The molecule has 1 unspecified atom stereocenters. The molecular weight excluding hydrogens is 420 g/mol. The van der Waals surface area contributed by atoms with Crippen LogP contribution >= 0.6 is 0 Å². The monoisotopic (exact) mass is 446 g/mol. The van der Waals surface area contributed by atoms with Gasteiger partial charge in [-0.2, -0.15) is 0 Å². The second-order valence-electron chi connectivity index (χ2n) is 8.38. The molecule has 0 bridgehead atoms. The number of aryl methyl sites for hydroxylation is 1. The zero-order valence-electron chi connectivity index (χ0n) is 18.9. The maximum Gasteiger partial charge on any atom is 0.359 e. The average molecular weight is 447 g/mol. The third-order valence-corrected chi connectivity index (χ3v) is 5.95. The minimum atomic E-state index is -1.20. The molecule has 0 spiro atoms. The number of hydrogen-bond donors (Lipinski definition) is 1. The topological polar surface area (TPSA) is 93.5 Å². The van der Waals surface area contributed by atoms with Gasteiger partial charge in [0.15, 0.2) is 5.69 Å². The zero-order valence-corrected chi connectivity index (χ0v) is 18.9. The molecule has 2 aromatic carbocycles. The van der Waals surface area contributed by atoms with E-state index in [2.05, 4.69) is 10.3 Å². The van der Waals surface area contributed by atoms with Crippen molar-refractivity contribution in [3.8, 4) is 0 Å². The molecule has 2 heterocycles. The predicted octanol–water partition coefficient (Wildman–Crippen LogP) is 2.71. The summed E-state index contributed by atoms with van der Waals surface area (Å²) in [4.78, 5) is 45.0. The Labute approximate surface area is 192 Å². The van der Waals surface area contributed by atoms with Gasteiger partial charge in [0.1, 0.15) is 11.2 Å². The first-order valence-corrected chi connectivity index (χ1v) is 10.7. The zero-order chi connectivity index (χ0) is 23.6. The second-order valence-corrected chi connectivity index (χ2v) is 8.38. The summed E-state index contributed by atoms with van der Waals surface area (Å²) in [6, 6.07) is 17.3. The number of esters is 1. The number of rotatable bonds is 6. The number of fused-ring (bicyclic) bond motifs is 1. The van der Waals surface area contributed by atoms with Gasteiger partial charge < -0.3 is 19.5 Å². The van der Waals surface area contributed by atoms with E-state index in [1.54, 1.807) is 11.5 Å². The van der Waals surface area contributed by atoms with Crippen molar-refractivity contribution in [2.24, 2.45) is 0 Å². The molecule has 0 saturated carbocycles. The highest BCUT2D eigenvalue weighted by Crippen LogP contribution is 2.31. The Bertz CT molecular complexity index is 1200. The highest BCUT2D eigenvalue weighted by atomic mass is 16.5. The first kappa shape index (κ1) is 22.3. The maximum atomic E-state index is 13.7. The van der Waals surface area contributed by atoms with Gasteiger partial charge in [-0.25, -0.2) is 9.78 Å². The Hall–Kier alpha value is -3.94. The number of nitrogens with one attached hydrogen (secondary N) is 1. The van der Waals surface area contributed by atoms with Crippen molar-refractivity contribution >= 4 is 17.8 Å². The number of carbonyl (C=O) groups excluding carboxylic acids is 3. The average Bonchev–Trinajstić information content (AvgIpc) is 3.24. The van der Waals surface area contributed by atoms with Crippen LogP contribution in [0.25, 0.3) is 0 Å². The van der Waals surface area contributed by atoms with Crippen molar-refractivity contribution in [2.45, 2.75) is 39.0 Å². The van der Waals surface area contributed by atoms with E-state index < -0.39 is 17.4 Å². The van der Waals surface area contributed by atoms with Gasteiger partial charge in [0, 0.05) is 13.1 Å². The van der Waals surface area contributed by atoms with E-state index in [4.69, 9.17) is 4.74 Å². The lowest BCUT2D eigenvalue weighted by Crippen LogP contribution is -2.63. The van der Waals surface area contributed by atoms with Gasteiger partial charge in [-0.1, -0.05) is 60.2 Å². The van der Waals surface area contributed by atoms with E-state index in [1.165, 1.54) is 18.3 Å². The van der Waals surface area contributed by atoms with Crippen molar-refractivity contribution in [3.05, 3.63) is 89.0 Å². The smallest absolute Gasteiger partial charge is 0.359 e. The van der Waals surface area contributed by atoms with E-state index in [1.807, 2.05) is 61.5 Å². The van der Waals surface area contributed by atoms with Crippen LogP contribution in [0.5, 0.6) is 0 Å². The number of benzene rings is 2. The molecule has 33 heavy (non-hydrogen) atoms. The lowest BCUT2D eigenvalue weighted by atomic mass is 9.93. The summed E-state index contributed by atoms with van der Waals surface area (Å²) in [5, 5.41) is 2.97. The molecule has 2 amide bonds. The fourth-order valence-corrected chi connectivity index (χ4v) is 4.14. The van der Waals surface area contributed by atoms with E-state index in [-0.39, 0.29) is 30.4 Å². The summed E-state index contributed by atoms with van der Waals surface area (Å²) in [6.07, 6.45) is 1.41. The molecule has 170 valence electrons. The van der Waals surface area contributed by atoms with Gasteiger partial charge in [-0.05, 0) is 25.0 Å². The summed E-state index contributed by atoms with van der Waals surface area (Å²) in [5.74, 6) is -1.42. The number of ether oxygens (including phenoxy) is 1. The minimum Gasteiger partial charge on any atom is -0.464 e. The van der Waals surface area contributed by atoms with Crippen LogP contribution < -0.4 is 5.32 Å². The van der Waals surface area contributed by atoms with Gasteiger partial charge >= 0.3 is 5.97 Å². The van der Waals surface area contributed by atoms with E-state index >= 15 is 0 Å². The molecule has 0 radical (unpaired) electrons. The molecule has 0 aliphatic carbocycles. The lowest BCUT2D eigenvalue weighted by Gasteiger charge is -2.43. The first-order chi connectivity index (χ1) is 15.8. The number of carbonyl (C=O) groups is 3. The fraction of sp³-hybridized carbons (Fsp3) is 0.280. The maximum absolute atomic E-state index is 13.7. The Balaban J connectivity index is 1.70. The number of hydrogen-bond acceptors (Lipinski definition) is 5. The van der Waals surface area contributed by atoms with Crippen LogP contribution in [-0.2, 0) is 29.2 Å². The van der Waals surface area contributed by atoms with Gasteiger partial charge in [0.2, 0.25) is 5.91 Å². The lowest BCUT2D eigenvalue weighted by molar-refractivity contribution is -0.133. The van der Waals surface area contributed by atoms with Gasteiger partial charge in [0.25, 0.3) is 5.91 Å². The summed E-state index contributed by atoms with van der Waals surface area (Å²) < 4.78 is 6.36. The van der Waals surface area contributed by atoms with Crippen molar-refractivity contribution in [2.75, 3.05) is 7.11 Å². The highest BCUT2D eigenvalue weighted by molar-refractivity contribution is 6.06. The highest BCUT2D eigenvalue weighted by Gasteiger charge is 2.48. The molecule has 1 aliphatic rings. The van der Waals surface area contributed by atoms with Crippen molar-refractivity contribution in [3.63, 3.8) is 0 Å². The summed E-state index contributed by atoms with van der Waals surface area (Å²) >= 11 is 0. The van der Waals surface area contributed by atoms with Crippen LogP contribution in [-0.4, -0.2) is 44.9 Å². The molecule has 0 saturated heterocycles. The van der Waals surface area contributed by atoms with Crippen molar-refractivity contribution in [1.29, 1.82) is 0 Å². The van der Waals surface area contributed by atoms with Gasteiger partial charge in [0.05, 0.1) is 20.0 Å². The molecule has 1 aliphatic heterocycles. The quantitative estimate of drug-likeness (QED) is 0.588. The fourth-order valence-electron chi connectivity index (χ4n) is 4.14. The minimum absolute atomic E-state index is 0.0523. The normalized spacial score (nSPS) is 17.4. The number of imidazole rings is 1. The van der Waals surface area contributed by atoms with Crippen LogP contribution in [0.4, 0.5) is 0 Å². The van der Waals surface area contributed by atoms with E-state index in [0.29, 0.717) is 6.54 Å². The van der Waals surface area contributed by atoms with E-state index in [0.717, 1.165) is 16.7 Å². The predicted molar refractivity (Wildman–Crippen MR) is 121 cm³/mol. The Morgan fingerprint density at radius 2 is 1.85 bits per heavy atom. The third-order valence-electron chi connectivity index (χ3n) is 5.95. The van der Waals surface area contributed by atoms with E-state index in [9.17, 15) is 14.4 Å². The summed E-state index contributed by atoms with van der Waals surface area (Å²) in [5.41, 5.74) is 1.77. The number of nitrogens with zero attached hydrogens (tertiary/aromatic N) is 3. The molecule has 1 aromatic heterocycles. The third kappa shape index (κ3) is 4.24. The first-order valence-electron chi connectivity index (χ1n) is 10.7. The Morgan fingerprint density at radius 3 is 2.55 bits per heavy atom. The largest absolute Gasteiger partial charge is 0.464 e. The molecule has 8 nitrogen and oxygen atoms in total. The van der Waals surface area contributed by atoms with Crippen LogP contribution in [0.15, 0.2) is 60.9 Å². The second kappa shape index (κ2) is 8.90. The van der Waals surface area contributed by atoms with Crippen LogP contribution in [0.1, 0.15) is 44.6 Å². The number of aromatic nitrogens is 2. The van der Waals surface area contributed by atoms with Gasteiger partial charge in [-0.15, -0.1) is 0 Å². The number of methoxy groups -OCH3 is 1. The molecule has 3 aromatic rings. The molecule has 4 rings (SSSR count). The Kier molecular flexibility index (Phi) is 6.00. The standard InChI is InChI=1S/C25H26N4O4/c1-17-8-7-11-19(12-17)14-29-22(30)21-20(23(31)33-3)27-16-28(21)15-25(29,2)24(32)26-13-18-9-5-4-6-10-18/h4-12,16H,13-15H2,1-3H3,(H,26,32). The SMILES string of the molecule is COC(=O)c1ncn2c1C(=O)N(Cc1cccc(C)c1)C(C)(C(=O)NCc1ccccc1)C2. The van der Waals surface area contributed by atoms with Crippen molar-refractivity contribution < 1.29 is 19.1 Å². The van der Waals surface area contributed by atoms with Crippen molar-refractivity contribution in [1.82, 2.24) is 19.8 Å². The van der Waals surface area contributed by atoms with Crippen LogP contribution in [0.3, 0.4) is 0 Å². The van der Waals surface area contributed by atoms with Crippen LogP contribution in [0.2, 0.25) is 0 Å². The molecule has 1 atom stereocenters. The summed E-state index contributed by atoms with van der Waals surface area (Å²) in [7, 11) is 1.24. The summed E-state index contributed by atoms with van der Waals surface area (Å²) in [6.45, 7) is 4.41. The molecular formula is C25H26N4O4. The molecule has 0 fully saturated rings.